The van der Waals surface area contributed by atoms with Gasteiger partial charge in [-0.3, -0.25) is 0 Å². The van der Waals surface area contributed by atoms with Gasteiger partial charge in [-0.2, -0.15) is 0 Å². The van der Waals surface area contributed by atoms with E-state index in [-0.39, 0.29) is 0 Å². The van der Waals surface area contributed by atoms with Gasteiger partial charge in [-0.1, -0.05) is 10.7 Å². The van der Waals surface area contributed by atoms with Gasteiger partial charge in [-0.05, 0) is 31.8 Å². The summed E-state index contributed by atoms with van der Waals surface area (Å²) in [4.78, 5) is 0. The van der Waals surface area contributed by atoms with Gasteiger partial charge in [0.2, 0.25) is 0 Å². The Balaban J connectivity index is 2.37. The molecule has 2 nitrogen and oxygen atoms in total. The summed E-state index contributed by atoms with van der Waals surface area (Å²) in [5, 5.41) is 10.9. The van der Waals surface area contributed by atoms with E-state index in [1.807, 2.05) is 6.08 Å². The average Bonchev–Trinajstić information content (AvgIpc) is 2.63. The maximum Gasteiger partial charge on any atom is 0.0661 e. The van der Waals surface area contributed by atoms with Gasteiger partial charge in [0, 0.05) is 0 Å². The Morgan fingerprint density at radius 3 is 2.78 bits per heavy atom. The van der Waals surface area contributed by atoms with Gasteiger partial charge in [0.05, 0.1) is 6.21 Å². The molecule has 0 unspecified atom stereocenters. The Morgan fingerprint density at radius 2 is 2.33 bits per heavy atom. The van der Waals surface area contributed by atoms with E-state index in [0.29, 0.717) is 0 Å². The highest BCUT2D eigenvalue weighted by atomic mass is 16.4. The van der Waals surface area contributed by atoms with E-state index >= 15 is 0 Å². The monoisotopic (exact) mass is 125 g/mol. The maximum absolute atomic E-state index is 8.04. The van der Waals surface area contributed by atoms with Crippen LogP contribution in [-0.2, 0) is 0 Å². The molecule has 0 amide bonds. The molecule has 0 atom stereocenters. The van der Waals surface area contributed by atoms with Crippen LogP contribution in [0.15, 0.2) is 16.8 Å². The van der Waals surface area contributed by atoms with Gasteiger partial charge >= 0.3 is 0 Å². The van der Waals surface area contributed by atoms with Crippen LogP contribution in [0.4, 0.5) is 0 Å². The first kappa shape index (κ1) is 6.33. The number of oxime groups is 1. The van der Waals surface area contributed by atoms with E-state index in [1.165, 1.54) is 24.6 Å². The Bertz CT molecular complexity index is 145. The van der Waals surface area contributed by atoms with Crippen LogP contribution < -0.4 is 0 Å². The van der Waals surface area contributed by atoms with E-state index in [4.69, 9.17) is 5.21 Å². The topological polar surface area (TPSA) is 32.6 Å². The third kappa shape index (κ3) is 1.88. The van der Waals surface area contributed by atoms with Crippen molar-refractivity contribution in [2.24, 2.45) is 11.1 Å². The third-order valence-corrected chi connectivity index (χ3v) is 1.63. The molecule has 0 aliphatic heterocycles. The molecule has 0 spiro atoms. The zero-order chi connectivity index (χ0) is 6.69. The number of allylic oxidation sites excluding steroid dienone is 2. The van der Waals surface area contributed by atoms with Gasteiger partial charge in [-0.15, -0.1) is 0 Å². The lowest BCUT2D eigenvalue weighted by Crippen LogP contribution is -1.77. The molecule has 0 heterocycles. The molecule has 0 bridgehead atoms. The highest BCUT2D eigenvalue weighted by molar-refractivity contribution is 5.71. The second-order valence-corrected chi connectivity index (χ2v) is 2.45. The predicted molar refractivity (Wildman–Crippen MR) is 36.8 cm³/mol. The minimum absolute atomic E-state index is 0.781. The lowest BCUT2D eigenvalue weighted by molar-refractivity contribution is 0.322. The summed E-state index contributed by atoms with van der Waals surface area (Å²) in [7, 11) is 0. The van der Waals surface area contributed by atoms with Crippen molar-refractivity contribution in [2.75, 3.05) is 0 Å². The van der Waals surface area contributed by atoms with Crippen LogP contribution >= 0.6 is 0 Å². The first-order chi connectivity index (χ1) is 4.34. The molecule has 0 aromatic heterocycles. The van der Waals surface area contributed by atoms with Crippen LogP contribution in [0.25, 0.3) is 0 Å². The molecule has 1 aliphatic rings. The van der Waals surface area contributed by atoms with Gasteiger partial charge in [-0.25, -0.2) is 0 Å². The van der Waals surface area contributed by atoms with Gasteiger partial charge in [0.25, 0.3) is 0 Å². The van der Waals surface area contributed by atoms with Crippen molar-refractivity contribution < 1.29 is 5.21 Å². The Kier molecular flexibility index (Phi) is 1.88. The van der Waals surface area contributed by atoms with Crippen molar-refractivity contribution in [3.8, 4) is 0 Å². The quantitative estimate of drug-likeness (QED) is 0.340. The molecule has 1 aliphatic carbocycles. The summed E-state index contributed by atoms with van der Waals surface area (Å²) in [6, 6.07) is 0. The molecule has 50 valence electrons. The van der Waals surface area contributed by atoms with Crippen molar-refractivity contribution in [1.29, 1.82) is 0 Å². The fourth-order valence-electron chi connectivity index (χ4n) is 0.826. The van der Waals surface area contributed by atoms with Crippen LogP contribution in [0.2, 0.25) is 0 Å². The van der Waals surface area contributed by atoms with Crippen LogP contribution in [0, 0.1) is 5.92 Å². The molecule has 1 fully saturated rings. The minimum Gasteiger partial charge on any atom is -0.411 e. The number of nitrogens with zero attached hydrogens (tertiary/aromatic N) is 1. The lowest BCUT2D eigenvalue weighted by atomic mass is 10.2. The summed E-state index contributed by atoms with van der Waals surface area (Å²) in [5.41, 5.74) is 1.33. The molecule has 2 heteroatoms. The summed E-state index contributed by atoms with van der Waals surface area (Å²) in [5.74, 6) is 0.781. The van der Waals surface area contributed by atoms with Crippen LogP contribution in [0.1, 0.15) is 19.8 Å². The number of hydrogen-bond acceptors (Lipinski definition) is 2. The van der Waals surface area contributed by atoms with E-state index in [0.717, 1.165) is 5.92 Å². The van der Waals surface area contributed by atoms with E-state index in [1.54, 1.807) is 0 Å². The molecule has 1 N–H and O–H groups in total. The smallest absolute Gasteiger partial charge is 0.0661 e. The predicted octanol–water partition coefficient (Wildman–Crippen LogP) is 1.80. The summed E-state index contributed by atoms with van der Waals surface area (Å²) >= 11 is 0. The molecule has 9 heavy (non-hydrogen) atoms. The second kappa shape index (κ2) is 2.67. The molecule has 0 radical (unpaired) electrons. The van der Waals surface area contributed by atoms with Gasteiger partial charge in [0.1, 0.15) is 0 Å². The van der Waals surface area contributed by atoms with Crippen molar-refractivity contribution in [3.05, 3.63) is 11.6 Å². The van der Waals surface area contributed by atoms with Crippen LogP contribution in [-0.4, -0.2) is 11.4 Å². The van der Waals surface area contributed by atoms with Crippen molar-refractivity contribution in [2.45, 2.75) is 19.8 Å². The van der Waals surface area contributed by atoms with Crippen molar-refractivity contribution in [1.82, 2.24) is 0 Å². The van der Waals surface area contributed by atoms with Crippen LogP contribution in [0.5, 0.6) is 0 Å². The van der Waals surface area contributed by atoms with Gasteiger partial charge < -0.3 is 5.21 Å². The maximum atomic E-state index is 8.04. The highest BCUT2D eigenvalue weighted by Gasteiger charge is 2.22. The molecule has 1 saturated carbocycles. The van der Waals surface area contributed by atoms with Crippen LogP contribution in [0.3, 0.4) is 0 Å². The van der Waals surface area contributed by atoms with Crippen molar-refractivity contribution >= 4 is 6.21 Å². The highest BCUT2D eigenvalue weighted by Crippen LogP contribution is 2.35. The van der Waals surface area contributed by atoms with E-state index in [2.05, 4.69) is 12.1 Å². The second-order valence-electron chi connectivity index (χ2n) is 2.45. The fraction of sp³-hybridized carbons (Fsp3) is 0.571. The Hall–Kier alpha value is -0.790. The summed E-state index contributed by atoms with van der Waals surface area (Å²) < 4.78 is 0. The molecule has 0 aromatic carbocycles. The average molecular weight is 125 g/mol. The lowest BCUT2D eigenvalue weighted by Gasteiger charge is -1.89. The molecule has 0 aromatic rings. The zero-order valence-electron chi connectivity index (χ0n) is 5.54. The van der Waals surface area contributed by atoms with E-state index < -0.39 is 0 Å². The summed E-state index contributed by atoms with van der Waals surface area (Å²) in [6.07, 6.45) is 5.90. The standard InChI is InChI=1S/C7H11NO/c1-6(4-5-8-9)7-2-3-7/h4-5,7,9H,2-3H2,1H3. The third-order valence-electron chi connectivity index (χ3n) is 1.63. The molecular weight excluding hydrogens is 114 g/mol. The van der Waals surface area contributed by atoms with E-state index in [9.17, 15) is 0 Å². The number of hydrogen-bond donors (Lipinski definition) is 1. The zero-order valence-corrected chi connectivity index (χ0v) is 5.54. The Labute approximate surface area is 54.9 Å². The molecule has 0 saturated heterocycles. The largest absolute Gasteiger partial charge is 0.411 e. The molecule has 1 rings (SSSR count). The Morgan fingerprint density at radius 1 is 1.67 bits per heavy atom. The SMILES string of the molecule is CC(=CC=NO)C1CC1. The normalized spacial score (nSPS) is 21.2. The van der Waals surface area contributed by atoms with Crippen molar-refractivity contribution in [3.63, 3.8) is 0 Å². The number of rotatable bonds is 2. The van der Waals surface area contributed by atoms with Gasteiger partial charge in [0.15, 0.2) is 0 Å². The first-order valence-corrected chi connectivity index (χ1v) is 3.19. The summed E-state index contributed by atoms with van der Waals surface area (Å²) in [6.45, 7) is 2.07. The molecular formula is C7H11NO. The first-order valence-electron chi connectivity index (χ1n) is 3.19. The fourth-order valence-corrected chi connectivity index (χ4v) is 0.826. The minimum atomic E-state index is 0.781.